The number of hydrogen-bond acceptors (Lipinski definition) is 6. The molecule has 1 fully saturated rings. The summed E-state index contributed by atoms with van der Waals surface area (Å²) in [6.45, 7) is 1.66. The lowest BCUT2D eigenvalue weighted by molar-refractivity contribution is -0.121. The number of benzene rings is 1. The third-order valence-electron chi connectivity index (χ3n) is 5.91. The molecule has 0 unspecified atom stereocenters. The number of hydrogen-bond donors (Lipinski definition) is 2. The fourth-order valence-electron chi connectivity index (χ4n) is 4.14. The highest BCUT2D eigenvalue weighted by atomic mass is 32.2. The maximum atomic E-state index is 13.1. The minimum atomic E-state index is -3.56. The molecule has 0 radical (unpaired) electrons. The Morgan fingerprint density at radius 1 is 1.00 bits per heavy atom. The van der Waals surface area contributed by atoms with Crippen LogP contribution in [0.15, 0.2) is 45.9 Å². The lowest BCUT2D eigenvalue weighted by Gasteiger charge is -2.33. The molecular weight excluding hydrogens is 432 g/mol. The molecule has 172 valence electrons. The molecule has 10 heteroatoms. The maximum Gasteiger partial charge on any atom is 0.321 e. The number of sulfonamides is 1. The molecule has 0 spiro atoms. The Labute approximate surface area is 187 Å². The molecule has 1 aliphatic heterocycles. The van der Waals surface area contributed by atoms with Crippen molar-refractivity contribution in [2.24, 2.45) is 0 Å². The van der Waals surface area contributed by atoms with Crippen LogP contribution in [0.5, 0.6) is 0 Å². The largest absolute Gasteiger partial charge is 0.467 e. The van der Waals surface area contributed by atoms with Crippen LogP contribution in [0.2, 0.25) is 0 Å². The summed E-state index contributed by atoms with van der Waals surface area (Å²) in [6, 6.07) is 8.32. The fourth-order valence-corrected chi connectivity index (χ4v) is 5.61. The molecule has 9 nitrogen and oxygen atoms in total. The van der Waals surface area contributed by atoms with Gasteiger partial charge in [-0.15, -0.1) is 0 Å². The minimum Gasteiger partial charge on any atom is -0.467 e. The summed E-state index contributed by atoms with van der Waals surface area (Å²) < 4.78 is 32.8. The van der Waals surface area contributed by atoms with Crippen LogP contribution < -0.4 is 10.6 Å². The first-order valence-corrected chi connectivity index (χ1v) is 12.3. The number of urea groups is 1. The van der Waals surface area contributed by atoms with Crippen molar-refractivity contribution in [3.05, 3.63) is 53.5 Å². The van der Waals surface area contributed by atoms with E-state index in [4.69, 9.17) is 4.42 Å². The first kappa shape index (κ1) is 22.5. The van der Waals surface area contributed by atoms with Crippen LogP contribution in [0.1, 0.15) is 29.7 Å². The van der Waals surface area contributed by atoms with E-state index in [1.54, 1.807) is 18.2 Å². The summed E-state index contributed by atoms with van der Waals surface area (Å²) in [4.78, 5) is 26.2. The summed E-state index contributed by atoms with van der Waals surface area (Å²) in [5.74, 6) is 0.150. The van der Waals surface area contributed by atoms with Gasteiger partial charge < -0.3 is 9.73 Å². The molecule has 2 aromatic rings. The van der Waals surface area contributed by atoms with Gasteiger partial charge >= 0.3 is 6.03 Å². The van der Waals surface area contributed by atoms with Crippen LogP contribution in [0, 0.1) is 0 Å². The number of furan rings is 1. The highest BCUT2D eigenvalue weighted by Gasteiger charge is 2.30. The van der Waals surface area contributed by atoms with Gasteiger partial charge in [-0.05, 0) is 61.1 Å². The predicted molar refractivity (Wildman–Crippen MR) is 117 cm³/mol. The molecule has 3 amide bonds. The van der Waals surface area contributed by atoms with Crippen molar-refractivity contribution < 1.29 is 22.4 Å². The molecule has 1 aromatic heterocycles. The fraction of sp³-hybridized carbons (Fsp3) is 0.455. The van der Waals surface area contributed by atoms with Gasteiger partial charge in [-0.3, -0.25) is 15.0 Å². The Morgan fingerprint density at radius 2 is 1.75 bits per heavy atom. The molecule has 32 heavy (non-hydrogen) atoms. The Kier molecular flexibility index (Phi) is 6.92. The third kappa shape index (κ3) is 5.37. The monoisotopic (exact) mass is 460 g/mol. The quantitative estimate of drug-likeness (QED) is 0.676. The molecule has 1 saturated heterocycles. The summed E-state index contributed by atoms with van der Waals surface area (Å²) in [5.41, 5.74) is 2.39. The molecule has 2 heterocycles. The Morgan fingerprint density at radius 3 is 2.47 bits per heavy atom. The van der Waals surface area contributed by atoms with Crippen molar-refractivity contribution in [3.8, 4) is 0 Å². The number of nitrogens with zero attached hydrogens (tertiary/aromatic N) is 2. The maximum absolute atomic E-state index is 13.1. The molecule has 0 atom stereocenters. The highest BCUT2D eigenvalue weighted by molar-refractivity contribution is 7.89. The van der Waals surface area contributed by atoms with Gasteiger partial charge in [0.15, 0.2) is 0 Å². The van der Waals surface area contributed by atoms with Crippen LogP contribution >= 0.6 is 0 Å². The average molecular weight is 461 g/mol. The first-order chi connectivity index (χ1) is 15.4. The summed E-state index contributed by atoms with van der Waals surface area (Å²) in [7, 11) is -3.56. The number of nitrogens with one attached hydrogen (secondary N) is 2. The first-order valence-electron chi connectivity index (χ1n) is 10.9. The lowest BCUT2D eigenvalue weighted by Crippen LogP contribution is -2.52. The molecule has 0 saturated carbocycles. The van der Waals surface area contributed by atoms with Gasteiger partial charge in [0.2, 0.25) is 15.9 Å². The SMILES string of the molecule is O=C(CN1CCN(S(=O)(=O)c2ccc3c(c2)CCCC3)CC1)NC(=O)NCc1ccco1. The molecule has 1 aromatic carbocycles. The number of piperazine rings is 1. The van der Waals surface area contributed by atoms with Gasteiger partial charge in [0.1, 0.15) is 5.76 Å². The van der Waals surface area contributed by atoms with E-state index in [9.17, 15) is 18.0 Å². The van der Waals surface area contributed by atoms with E-state index in [1.165, 1.54) is 16.1 Å². The summed E-state index contributed by atoms with van der Waals surface area (Å²) in [6.07, 6.45) is 5.69. The second kappa shape index (κ2) is 9.85. The van der Waals surface area contributed by atoms with Crippen LogP contribution in [-0.2, 0) is 34.2 Å². The lowest BCUT2D eigenvalue weighted by atomic mass is 9.92. The van der Waals surface area contributed by atoms with Gasteiger partial charge in [0, 0.05) is 26.2 Å². The molecule has 0 bridgehead atoms. The molecule has 2 aliphatic rings. The number of rotatable bonds is 6. The number of carbonyl (C=O) groups is 2. The van der Waals surface area contributed by atoms with Gasteiger partial charge in [-0.25, -0.2) is 13.2 Å². The molecule has 2 N–H and O–H groups in total. The van der Waals surface area contributed by atoms with Crippen molar-refractivity contribution in [2.45, 2.75) is 37.1 Å². The van der Waals surface area contributed by atoms with E-state index in [-0.39, 0.29) is 13.1 Å². The number of carbonyl (C=O) groups excluding carboxylic acids is 2. The Bertz CT molecular complexity index is 1060. The Hall–Kier alpha value is -2.69. The van der Waals surface area contributed by atoms with Gasteiger partial charge in [0.05, 0.1) is 24.2 Å². The van der Waals surface area contributed by atoms with Gasteiger partial charge in [-0.2, -0.15) is 4.31 Å². The molecule has 1 aliphatic carbocycles. The Balaban J connectivity index is 1.25. The van der Waals surface area contributed by atoms with Gasteiger partial charge in [-0.1, -0.05) is 6.07 Å². The van der Waals surface area contributed by atoms with Crippen molar-refractivity contribution in [2.75, 3.05) is 32.7 Å². The van der Waals surface area contributed by atoms with E-state index in [0.717, 1.165) is 31.2 Å². The van der Waals surface area contributed by atoms with E-state index in [0.29, 0.717) is 36.8 Å². The smallest absolute Gasteiger partial charge is 0.321 e. The standard InChI is InChI=1S/C22H28N4O5S/c27-21(24-22(28)23-15-19-6-3-13-31-19)16-25-9-11-26(12-10-25)32(29,30)20-8-7-17-4-1-2-5-18(17)14-20/h3,6-8,13-14H,1-2,4-5,9-12,15-16H2,(H2,23,24,27,28). The average Bonchev–Trinajstić information content (AvgIpc) is 3.31. The normalized spacial score (nSPS) is 17.5. The van der Waals surface area contributed by atoms with Crippen molar-refractivity contribution >= 4 is 22.0 Å². The molecular formula is C22H28N4O5S. The summed E-state index contributed by atoms with van der Waals surface area (Å²) in [5, 5.41) is 4.83. The van der Waals surface area contributed by atoms with Crippen molar-refractivity contribution in [3.63, 3.8) is 0 Å². The second-order valence-corrected chi connectivity index (χ2v) is 10.1. The number of amides is 3. The van der Waals surface area contributed by atoms with E-state index in [2.05, 4.69) is 10.6 Å². The van der Waals surface area contributed by atoms with Crippen LogP contribution in [0.4, 0.5) is 4.79 Å². The molecule has 4 rings (SSSR count). The predicted octanol–water partition coefficient (Wildman–Crippen LogP) is 1.49. The highest BCUT2D eigenvalue weighted by Crippen LogP contribution is 2.26. The zero-order valence-electron chi connectivity index (χ0n) is 17.9. The topological polar surface area (TPSA) is 112 Å². The number of aryl methyl sites for hydroxylation is 2. The van der Waals surface area contributed by atoms with E-state index >= 15 is 0 Å². The summed E-state index contributed by atoms with van der Waals surface area (Å²) >= 11 is 0. The van der Waals surface area contributed by atoms with Crippen molar-refractivity contribution in [1.29, 1.82) is 0 Å². The van der Waals surface area contributed by atoms with Gasteiger partial charge in [0.25, 0.3) is 0 Å². The minimum absolute atomic E-state index is 0.0287. The van der Waals surface area contributed by atoms with Crippen LogP contribution in [0.3, 0.4) is 0 Å². The number of imide groups is 1. The third-order valence-corrected chi connectivity index (χ3v) is 7.81. The van der Waals surface area contributed by atoms with E-state index in [1.807, 2.05) is 17.0 Å². The van der Waals surface area contributed by atoms with Crippen LogP contribution in [-0.4, -0.2) is 62.3 Å². The number of fused-ring (bicyclic) bond motifs is 1. The van der Waals surface area contributed by atoms with Crippen LogP contribution in [0.25, 0.3) is 0 Å². The zero-order valence-corrected chi connectivity index (χ0v) is 18.7. The zero-order chi connectivity index (χ0) is 22.6. The van der Waals surface area contributed by atoms with Crippen molar-refractivity contribution in [1.82, 2.24) is 19.8 Å². The second-order valence-electron chi connectivity index (χ2n) is 8.13. The van der Waals surface area contributed by atoms with E-state index < -0.39 is 22.0 Å².